The molecule has 2 heterocycles. The van der Waals surface area contributed by atoms with Crippen LogP contribution in [-0.4, -0.2) is 25.9 Å². The van der Waals surface area contributed by atoms with Crippen molar-refractivity contribution >= 4 is 23.4 Å². The second kappa shape index (κ2) is 8.00. The van der Waals surface area contributed by atoms with Crippen molar-refractivity contribution in [2.75, 3.05) is 5.32 Å². The topological polar surface area (TPSA) is 72.9 Å². The lowest BCUT2D eigenvalue weighted by atomic mass is 10.0. The molecule has 7 heteroatoms. The molecule has 0 aliphatic heterocycles. The molecular formula is C20H24N4O2S. The molecule has 1 aromatic carbocycles. The van der Waals surface area contributed by atoms with E-state index in [2.05, 4.69) is 29.4 Å². The van der Waals surface area contributed by atoms with Gasteiger partial charge in [0, 0.05) is 12.7 Å². The van der Waals surface area contributed by atoms with Gasteiger partial charge in [0.25, 0.3) is 0 Å². The first-order chi connectivity index (χ1) is 12.9. The normalized spacial score (nSPS) is 12.4. The number of furan rings is 1. The van der Waals surface area contributed by atoms with E-state index < -0.39 is 0 Å². The van der Waals surface area contributed by atoms with Gasteiger partial charge in [0.05, 0.1) is 17.1 Å². The fourth-order valence-corrected chi connectivity index (χ4v) is 3.64. The lowest BCUT2D eigenvalue weighted by Gasteiger charge is -2.16. The van der Waals surface area contributed by atoms with Crippen molar-refractivity contribution < 1.29 is 9.21 Å². The van der Waals surface area contributed by atoms with E-state index in [4.69, 9.17) is 4.42 Å². The van der Waals surface area contributed by atoms with Crippen LogP contribution in [0.25, 0.3) is 11.4 Å². The highest BCUT2D eigenvalue weighted by Gasteiger charge is 2.21. The summed E-state index contributed by atoms with van der Waals surface area (Å²) < 4.78 is 7.23. The zero-order valence-corrected chi connectivity index (χ0v) is 17.0. The third-order valence-corrected chi connectivity index (χ3v) is 5.56. The number of nitrogens with zero attached hydrogens (tertiary/aromatic N) is 3. The number of rotatable bonds is 6. The maximum absolute atomic E-state index is 12.7. The molecule has 0 fully saturated rings. The van der Waals surface area contributed by atoms with Crippen molar-refractivity contribution in [3.05, 3.63) is 47.9 Å². The summed E-state index contributed by atoms with van der Waals surface area (Å²) in [6, 6.07) is 9.77. The number of thioether (sulfide) groups is 1. The highest BCUT2D eigenvalue weighted by atomic mass is 32.2. The van der Waals surface area contributed by atoms with E-state index in [1.54, 1.807) is 6.26 Å². The zero-order valence-electron chi connectivity index (χ0n) is 16.2. The summed E-state index contributed by atoms with van der Waals surface area (Å²) in [4.78, 5) is 12.7. The Balaban J connectivity index is 1.73. The van der Waals surface area contributed by atoms with Gasteiger partial charge in [-0.3, -0.25) is 4.79 Å². The van der Waals surface area contributed by atoms with Crippen molar-refractivity contribution in [1.82, 2.24) is 14.8 Å². The summed E-state index contributed by atoms with van der Waals surface area (Å²) in [6.07, 6.45) is 1.63. The minimum atomic E-state index is -0.314. The lowest BCUT2D eigenvalue weighted by Crippen LogP contribution is -2.23. The molecule has 0 aliphatic carbocycles. The summed E-state index contributed by atoms with van der Waals surface area (Å²) in [7, 11) is 1.89. The molecule has 0 aliphatic rings. The molecule has 0 radical (unpaired) electrons. The minimum Gasteiger partial charge on any atom is -0.469 e. The molecule has 0 bridgehead atoms. The molecule has 27 heavy (non-hydrogen) atoms. The van der Waals surface area contributed by atoms with E-state index in [0.717, 1.165) is 28.4 Å². The smallest absolute Gasteiger partial charge is 0.237 e. The van der Waals surface area contributed by atoms with E-state index in [1.807, 2.05) is 55.8 Å². The van der Waals surface area contributed by atoms with E-state index in [-0.39, 0.29) is 11.2 Å². The molecule has 2 aromatic heterocycles. The van der Waals surface area contributed by atoms with Crippen molar-refractivity contribution in [2.45, 2.75) is 44.0 Å². The van der Waals surface area contributed by atoms with Crippen molar-refractivity contribution in [1.29, 1.82) is 0 Å². The monoisotopic (exact) mass is 384 g/mol. The van der Waals surface area contributed by atoms with E-state index in [9.17, 15) is 4.79 Å². The van der Waals surface area contributed by atoms with Gasteiger partial charge in [-0.1, -0.05) is 43.8 Å². The van der Waals surface area contributed by atoms with Gasteiger partial charge < -0.3 is 14.3 Å². The Labute approximate surface area is 163 Å². The van der Waals surface area contributed by atoms with Gasteiger partial charge in [-0.25, -0.2) is 0 Å². The Hall–Kier alpha value is -2.54. The number of benzene rings is 1. The van der Waals surface area contributed by atoms with Crippen LogP contribution in [0.1, 0.15) is 38.0 Å². The summed E-state index contributed by atoms with van der Waals surface area (Å²) in [5, 5.41) is 11.9. The van der Waals surface area contributed by atoms with Crippen molar-refractivity contribution in [2.24, 2.45) is 7.05 Å². The van der Waals surface area contributed by atoms with Crippen LogP contribution in [0.2, 0.25) is 0 Å². The molecular weight excluding hydrogens is 360 g/mol. The van der Waals surface area contributed by atoms with Gasteiger partial charge in [-0.15, -0.1) is 10.2 Å². The fourth-order valence-electron chi connectivity index (χ4n) is 2.83. The molecule has 0 saturated heterocycles. The largest absolute Gasteiger partial charge is 0.469 e. The standard InChI is InChI=1S/C20H24N4O2S/c1-12(2)15-8-6-7-9-17(15)21-19(25)14(4)27-20-23-22-18(24(20)5)16-10-11-26-13(16)3/h6-12,14H,1-5H3,(H,21,25)/t14-/m1/s1. The average molecular weight is 385 g/mol. The molecule has 1 N–H and O–H groups in total. The lowest BCUT2D eigenvalue weighted by molar-refractivity contribution is -0.115. The molecule has 3 rings (SSSR count). The Morgan fingerprint density at radius 3 is 2.59 bits per heavy atom. The summed E-state index contributed by atoms with van der Waals surface area (Å²) in [6.45, 7) is 7.98. The number of para-hydroxylation sites is 1. The van der Waals surface area contributed by atoms with Crippen LogP contribution in [0, 0.1) is 6.92 Å². The van der Waals surface area contributed by atoms with Crippen LogP contribution in [0.15, 0.2) is 46.2 Å². The Morgan fingerprint density at radius 1 is 1.19 bits per heavy atom. The first kappa shape index (κ1) is 19.2. The van der Waals surface area contributed by atoms with Crippen LogP contribution in [0.3, 0.4) is 0 Å². The number of aryl methyl sites for hydroxylation is 1. The summed E-state index contributed by atoms with van der Waals surface area (Å²) in [5.41, 5.74) is 2.89. The number of hydrogen-bond donors (Lipinski definition) is 1. The van der Waals surface area contributed by atoms with Gasteiger partial charge in [0.2, 0.25) is 5.91 Å². The Bertz CT molecular complexity index is 945. The SMILES string of the molecule is Cc1occc1-c1nnc(S[C@H](C)C(=O)Nc2ccccc2C(C)C)n1C. The third-order valence-electron chi connectivity index (χ3n) is 4.43. The number of nitrogens with one attached hydrogen (secondary N) is 1. The Morgan fingerprint density at radius 2 is 1.93 bits per heavy atom. The van der Waals surface area contributed by atoms with Crippen molar-refractivity contribution in [3.8, 4) is 11.4 Å². The van der Waals surface area contributed by atoms with Crippen LogP contribution < -0.4 is 5.32 Å². The average Bonchev–Trinajstić information content (AvgIpc) is 3.21. The van der Waals surface area contributed by atoms with Crippen LogP contribution in [-0.2, 0) is 11.8 Å². The number of hydrogen-bond acceptors (Lipinski definition) is 5. The molecule has 0 spiro atoms. The zero-order chi connectivity index (χ0) is 19.6. The molecule has 6 nitrogen and oxygen atoms in total. The molecule has 142 valence electrons. The van der Waals surface area contributed by atoms with Gasteiger partial charge in [-0.05, 0) is 37.5 Å². The van der Waals surface area contributed by atoms with E-state index in [0.29, 0.717) is 11.1 Å². The number of anilines is 1. The summed E-state index contributed by atoms with van der Waals surface area (Å²) in [5.74, 6) is 1.79. The first-order valence-corrected chi connectivity index (χ1v) is 9.76. The van der Waals surface area contributed by atoms with Crippen molar-refractivity contribution in [3.63, 3.8) is 0 Å². The molecule has 1 amide bonds. The van der Waals surface area contributed by atoms with E-state index >= 15 is 0 Å². The maximum atomic E-state index is 12.7. The first-order valence-electron chi connectivity index (χ1n) is 8.88. The fraction of sp³-hybridized carbons (Fsp3) is 0.350. The molecule has 1 atom stereocenters. The van der Waals surface area contributed by atoms with Crippen LogP contribution >= 0.6 is 11.8 Å². The van der Waals surface area contributed by atoms with Gasteiger partial charge >= 0.3 is 0 Å². The second-order valence-electron chi connectivity index (χ2n) is 6.75. The van der Waals surface area contributed by atoms with Gasteiger partial charge in [0.1, 0.15) is 5.76 Å². The van der Waals surface area contributed by atoms with Gasteiger partial charge in [-0.2, -0.15) is 0 Å². The number of amides is 1. The van der Waals surface area contributed by atoms with Crippen LogP contribution in [0.5, 0.6) is 0 Å². The second-order valence-corrected chi connectivity index (χ2v) is 8.05. The maximum Gasteiger partial charge on any atom is 0.237 e. The molecule has 0 unspecified atom stereocenters. The predicted molar refractivity (Wildman–Crippen MR) is 108 cm³/mol. The quantitative estimate of drug-likeness (QED) is 0.628. The van der Waals surface area contributed by atoms with Gasteiger partial charge in [0.15, 0.2) is 11.0 Å². The molecule has 3 aromatic rings. The number of carbonyl (C=O) groups excluding carboxylic acids is 1. The Kier molecular flexibility index (Phi) is 5.70. The van der Waals surface area contributed by atoms with Crippen LogP contribution in [0.4, 0.5) is 5.69 Å². The minimum absolute atomic E-state index is 0.0582. The molecule has 0 saturated carbocycles. The number of aromatic nitrogens is 3. The summed E-state index contributed by atoms with van der Waals surface area (Å²) >= 11 is 1.38. The highest BCUT2D eigenvalue weighted by molar-refractivity contribution is 8.00. The number of carbonyl (C=O) groups is 1. The highest BCUT2D eigenvalue weighted by Crippen LogP contribution is 2.29. The third kappa shape index (κ3) is 4.08. The van der Waals surface area contributed by atoms with E-state index in [1.165, 1.54) is 11.8 Å². The predicted octanol–water partition coefficient (Wildman–Crippen LogP) is 4.63.